The Morgan fingerprint density at radius 3 is 3.00 bits per heavy atom. The maximum atomic E-state index is 5.18. The molecule has 1 rings (SSSR count). The topological polar surface area (TPSA) is 35.0 Å². The van der Waals surface area contributed by atoms with Crippen LogP contribution in [0.3, 0.4) is 0 Å². The van der Waals surface area contributed by atoms with Crippen molar-refractivity contribution in [1.82, 2.24) is 8.75 Å². The minimum absolute atomic E-state index is 0.652. The van der Waals surface area contributed by atoms with Crippen molar-refractivity contribution in [3.8, 4) is 5.88 Å². The van der Waals surface area contributed by atoms with Crippen LogP contribution in [0.5, 0.6) is 5.88 Å². The van der Waals surface area contributed by atoms with E-state index in [4.69, 9.17) is 4.74 Å². The van der Waals surface area contributed by atoms with E-state index in [0.717, 1.165) is 5.03 Å². The average molecular weight is 176 g/mol. The first-order valence-corrected chi connectivity index (χ1v) is 4.83. The fraction of sp³-hybridized carbons (Fsp3) is 0.600. The number of nitrogens with zero attached hydrogens (tertiary/aromatic N) is 2. The van der Waals surface area contributed by atoms with Crippen LogP contribution >= 0.6 is 23.5 Å². The predicted molar refractivity (Wildman–Crippen MR) is 42.9 cm³/mol. The number of rotatable bonds is 3. The smallest absolute Gasteiger partial charge is 0.260 e. The summed E-state index contributed by atoms with van der Waals surface area (Å²) >= 11 is 2.74. The number of ether oxygens (including phenoxy) is 1. The van der Waals surface area contributed by atoms with E-state index in [1.807, 2.05) is 13.2 Å². The lowest BCUT2D eigenvalue weighted by atomic mass is 10.8. The lowest BCUT2D eigenvalue weighted by molar-refractivity contribution is 0.321. The van der Waals surface area contributed by atoms with Crippen molar-refractivity contribution >= 4 is 23.5 Å². The fourth-order valence-electron chi connectivity index (χ4n) is 0.522. The van der Waals surface area contributed by atoms with Crippen LogP contribution < -0.4 is 4.74 Å². The molecular weight excluding hydrogens is 168 g/mol. The lowest BCUT2D eigenvalue weighted by Gasteiger charge is -1.96. The van der Waals surface area contributed by atoms with Gasteiger partial charge in [-0.2, -0.15) is 4.37 Å². The van der Waals surface area contributed by atoms with E-state index < -0.39 is 0 Å². The van der Waals surface area contributed by atoms with Crippen LogP contribution in [0, 0.1) is 0 Å². The van der Waals surface area contributed by atoms with E-state index in [-0.39, 0.29) is 0 Å². The largest absolute Gasteiger partial charge is 0.475 e. The molecule has 3 nitrogen and oxygen atoms in total. The van der Waals surface area contributed by atoms with Gasteiger partial charge in [-0.15, -0.1) is 16.1 Å². The van der Waals surface area contributed by atoms with Gasteiger partial charge in [0, 0.05) is 0 Å². The second-order valence-corrected chi connectivity index (χ2v) is 2.84. The molecule has 0 fully saturated rings. The second kappa shape index (κ2) is 3.78. The van der Waals surface area contributed by atoms with Crippen molar-refractivity contribution < 1.29 is 4.74 Å². The summed E-state index contributed by atoms with van der Waals surface area (Å²) in [4.78, 5) is 0. The molecule has 0 aliphatic carbocycles. The molecule has 0 spiro atoms. The minimum Gasteiger partial charge on any atom is -0.475 e. The van der Waals surface area contributed by atoms with Gasteiger partial charge in [0.25, 0.3) is 5.88 Å². The molecule has 56 valence electrons. The standard InChI is InChI=1S/C5H8N2OS2/c1-3-8-4-5(9-2)7-10-6-4/h3H2,1-2H3. The van der Waals surface area contributed by atoms with Gasteiger partial charge in [-0.3, -0.25) is 0 Å². The van der Waals surface area contributed by atoms with Gasteiger partial charge in [-0.1, -0.05) is 0 Å². The van der Waals surface area contributed by atoms with Gasteiger partial charge in [0.1, 0.15) is 0 Å². The van der Waals surface area contributed by atoms with Crippen molar-refractivity contribution in [2.45, 2.75) is 11.9 Å². The molecule has 0 amide bonds. The van der Waals surface area contributed by atoms with Crippen LogP contribution in [0.1, 0.15) is 6.92 Å². The first kappa shape index (κ1) is 7.81. The second-order valence-electron chi connectivity index (χ2n) is 1.51. The molecule has 1 aromatic heterocycles. The summed E-state index contributed by atoms with van der Waals surface area (Å²) in [6, 6.07) is 0. The summed E-state index contributed by atoms with van der Waals surface area (Å²) in [5, 5.41) is 0.881. The van der Waals surface area contributed by atoms with Crippen LogP contribution in [0.4, 0.5) is 0 Å². The van der Waals surface area contributed by atoms with Crippen molar-refractivity contribution in [3.63, 3.8) is 0 Å². The molecule has 0 bridgehead atoms. The molecule has 0 atom stereocenters. The Labute approximate surface area is 68.1 Å². The Balaban J connectivity index is 2.70. The number of aromatic nitrogens is 2. The van der Waals surface area contributed by atoms with Crippen molar-refractivity contribution in [2.24, 2.45) is 0 Å². The van der Waals surface area contributed by atoms with E-state index in [1.165, 1.54) is 11.7 Å². The summed E-state index contributed by atoms with van der Waals surface area (Å²) in [5.41, 5.74) is 0. The van der Waals surface area contributed by atoms with Crippen LogP contribution in [-0.2, 0) is 0 Å². The fourth-order valence-corrected chi connectivity index (χ4v) is 1.66. The molecule has 0 N–H and O–H groups in total. The van der Waals surface area contributed by atoms with Crippen LogP contribution in [-0.4, -0.2) is 21.6 Å². The maximum absolute atomic E-state index is 5.18. The molecule has 0 saturated carbocycles. The Kier molecular flexibility index (Phi) is 2.95. The van der Waals surface area contributed by atoms with Gasteiger partial charge in [-0.25, -0.2) is 0 Å². The quantitative estimate of drug-likeness (QED) is 0.656. The van der Waals surface area contributed by atoms with Gasteiger partial charge in [-0.05, 0) is 13.2 Å². The van der Waals surface area contributed by atoms with Crippen molar-refractivity contribution in [2.75, 3.05) is 12.9 Å². The molecule has 1 heterocycles. The maximum Gasteiger partial charge on any atom is 0.260 e. The molecule has 0 radical (unpaired) electrons. The molecule has 0 unspecified atom stereocenters. The van der Waals surface area contributed by atoms with Gasteiger partial charge >= 0.3 is 0 Å². The molecule has 0 aliphatic heterocycles. The Hall–Kier alpha value is -0.290. The highest BCUT2D eigenvalue weighted by Crippen LogP contribution is 2.24. The first-order chi connectivity index (χ1) is 4.88. The summed E-state index contributed by atoms with van der Waals surface area (Å²) < 4.78 is 13.2. The van der Waals surface area contributed by atoms with E-state index in [9.17, 15) is 0 Å². The van der Waals surface area contributed by atoms with Gasteiger partial charge in [0.05, 0.1) is 18.3 Å². The summed E-state index contributed by atoms with van der Waals surface area (Å²) in [6.45, 7) is 2.59. The first-order valence-electron chi connectivity index (χ1n) is 2.87. The van der Waals surface area contributed by atoms with Gasteiger partial charge in [0.15, 0.2) is 5.03 Å². The van der Waals surface area contributed by atoms with Crippen LogP contribution in [0.25, 0.3) is 0 Å². The zero-order valence-electron chi connectivity index (χ0n) is 5.83. The van der Waals surface area contributed by atoms with Gasteiger partial charge < -0.3 is 4.74 Å². The van der Waals surface area contributed by atoms with E-state index in [2.05, 4.69) is 8.75 Å². The number of hydrogen-bond donors (Lipinski definition) is 0. The molecule has 0 saturated heterocycles. The van der Waals surface area contributed by atoms with Crippen LogP contribution in [0.15, 0.2) is 5.03 Å². The monoisotopic (exact) mass is 176 g/mol. The molecule has 0 aliphatic rings. The molecule has 5 heteroatoms. The van der Waals surface area contributed by atoms with E-state index in [1.54, 1.807) is 11.8 Å². The number of hydrogen-bond acceptors (Lipinski definition) is 5. The Bertz CT molecular complexity index is 201. The Morgan fingerprint density at radius 2 is 2.40 bits per heavy atom. The zero-order chi connectivity index (χ0) is 7.40. The van der Waals surface area contributed by atoms with Crippen LogP contribution in [0.2, 0.25) is 0 Å². The highest BCUT2D eigenvalue weighted by Gasteiger charge is 2.05. The summed E-state index contributed by atoms with van der Waals surface area (Å²) in [5.74, 6) is 0.667. The molecule has 0 aromatic carbocycles. The SMILES string of the molecule is CCOc1nsnc1SC. The Morgan fingerprint density at radius 1 is 1.60 bits per heavy atom. The van der Waals surface area contributed by atoms with Crippen molar-refractivity contribution in [1.29, 1.82) is 0 Å². The minimum atomic E-state index is 0.652. The van der Waals surface area contributed by atoms with E-state index in [0.29, 0.717) is 12.5 Å². The molecule has 1 aromatic rings. The third-order valence-electron chi connectivity index (χ3n) is 0.905. The number of thioether (sulfide) groups is 1. The molecular formula is C5H8N2OS2. The van der Waals surface area contributed by atoms with E-state index >= 15 is 0 Å². The van der Waals surface area contributed by atoms with Gasteiger partial charge in [0.2, 0.25) is 0 Å². The zero-order valence-corrected chi connectivity index (χ0v) is 7.46. The average Bonchev–Trinajstić information content (AvgIpc) is 2.36. The third kappa shape index (κ3) is 1.60. The van der Waals surface area contributed by atoms with Crippen molar-refractivity contribution in [3.05, 3.63) is 0 Å². The highest BCUT2D eigenvalue weighted by molar-refractivity contribution is 7.98. The molecule has 10 heavy (non-hydrogen) atoms. The summed E-state index contributed by atoms with van der Waals surface area (Å²) in [6.07, 6.45) is 1.96. The lowest BCUT2D eigenvalue weighted by Crippen LogP contribution is -1.92. The predicted octanol–water partition coefficient (Wildman–Crippen LogP) is 1.66. The summed E-state index contributed by atoms with van der Waals surface area (Å²) in [7, 11) is 0. The normalized spacial score (nSPS) is 9.80. The third-order valence-corrected chi connectivity index (χ3v) is 2.18. The highest BCUT2D eigenvalue weighted by atomic mass is 32.2.